The van der Waals surface area contributed by atoms with Crippen molar-refractivity contribution in [3.05, 3.63) is 90.2 Å². The molecule has 1 aromatic heterocycles. The van der Waals surface area contributed by atoms with Gasteiger partial charge in [0.05, 0.1) is 5.52 Å². The molecule has 180 valence electrons. The molecule has 1 N–H and O–H groups in total. The Morgan fingerprint density at radius 3 is 2.49 bits per heavy atom. The summed E-state index contributed by atoms with van der Waals surface area (Å²) in [7, 11) is 0. The molecule has 0 aliphatic carbocycles. The molecular formula is C27H28FN5O2. The number of aromatic nitrogens is 3. The Labute approximate surface area is 203 Å². The molecule has 0 radical (unpaired) electrons. The maximum Gasteiger partial charge on any atom is 0.249 e. The summed E-state index contributed by atoms with van der Waals surface area (Å²) in [5.74, 6) is -0.845. The Kier molecular flexibility index (Phi) is 7.50. The molecular weight excluding hydrogens is 445 g/mol. The molecule has 0 aliphatic rings. The first-order chi connectivity index (χ1) is 16.9. The summed E-state index contributed by atoms with van der Waals surface area (Å²) >= 11 is 0. The second-order valence-corrected chi connectivity index (χ2v) is 8.77. The van der Waals surface area contributed by atoms with E-state index >= 15 is 0 Å². The quantitative estimate of drug-likeness (QED) is 0.388. The van der Waals surface area contributed by atoms with Crippen LogP contribution in [0, 0.1) is 11.7 Å². The van der Waals surface area contributed by atoms with Crippen LogP contribution in [0.3, 0.4) is 0 Å². The Morgan fingerprint density at radius 2 is 1.74 bits per heavy atom. The Bertz CT molecular complexity index is 1310. The molecule has 2 amide bonds. The zero-order chi connectivity index (χ0) is 24.8. The molecule has 0 unspecified atom stereocenters. The van der Waals surface area contributed by atoms with Crippen LogP contribution < -0.4 is 10.2 Å². The van der Waals surface area contributed by atoms with Gasteiger partial charge >= 0.3 is 0 Å². The summed E-state index contributed by atoms with van der Waals surface area (Å²) in [6.45, 7) is 4.45. The molecule has 1 heterocycles. The van der Waals surface area contributed by atoms with Crippen LogP contribution in [0.25, 0.3) is 11.0 Å². The Morgan fingerprint density at radius 1 is 1.00 bits per heavy atom. The van der Waals surface area contributed by atoms with Crippen LogP contribution >= 0.6 is 0 Å². The number of halogens is 1. The summed E-state index contributed by atoms with van der Waals surface area (Å²) < 4.78 is 15.8. The van der Waals surface area contributed by atoms with Crippen molar-refractivity contribution in [1.29, 1.82) is 0 Å². The van der Waals surface area contributed by atoms with Gasteiger partial charge in [-0.25, -0.2) is 9.07 Å². The van der Waals surface area contributed by atoms with Crippen LogP contribution in [0.15, 0.2) is 78.9 Å². The van der Waals surface area contributed by atoms with E-state index in [1.165, 1.54) is 27.8 Å². The molecule has 0 bridgehead atoms. The molecule has 4 aromatic rings. The van der Waals surface area contributed by atoms with Gasteiger partial charge in [-0.05, 0) is 48.2 Å². The number of nitrogens with one attached hydrogen (secondary N) is 1. The van der Waals surface area contributed by atoms with Crippen LogP contribution in [-0.4, -0.2) is 33.4 Å². The molecule has 1 atom stereocenters. The number of carbonyl (C=O) groups excluding carboxylic acids is 2. The summed E-state index contributed by atoms with van der Waals surface area (Å²) in [5.41, 5.74) is 2.25. The van der Waals surface area contributed by atoms with Gasteiger partial charge < -0.3 is 5.32 Å². The number of para-hydroxylation sites is 1. The van der Waals surface area contributed by atoms with Crippen LogP contribution in [-0.2, 0) is 16.1 Å². The van der Waals surface area contributed by atoms with E-state index in [2.05, 4.69) is 29.5 Å². The third-order valence-electron chi connectivity index (χ3n) is 5.70. The predicted molar refractivity (Wildman–Crippen MR) is 133 cm³/mol. The number of rotatable bonds is 9. The van der Waals surface area contributed by atoms with E-state index in [9.17, 15) is 14.0 Å². The smallest absolute Gasteiger partial charge is 0.249 e. The van der Waals surface area contributed by atoms with Crippen molar-refractivity contribution >= 4 is 28.5 Å². The monoisotopic (exact) mass is 473 g/mol. The predicted octanol–water partition coefficient (Wildman–Crippen LogP) is 4.51. The normalized spacial score (nSPS) is 12.0. The SMILES string of the molecule is CC(C)CCNC(=O)[C@@H](c1ccccc1)N(C(=O)Cn1nnc2ccccc21)c1cccc(F)c1. The van der Waals surface area contributed by atoms with Crippen molar-refractivity contribution in [2.75, 3.05) is 11.4 Å². The highest BCUT2D eigenvalue weighted by molar-refractivity contribution is 6.01. The third-order valence-corrected chi connectivity index (χ3v) is 5.70. The maximum absolute atomic E-state index is 14.3. The lowest BCUT2D eigenvalue weighted by Gasteiger charge is -2.31. The number of hydrogen-bond donors (Lipinski definition) is 1. The van der Waals surface area contributed by atoms with Crippen LogP contribution in [0.2, 0.25) is 0 Å². The van der Waals surface area contributed by atoms with Crippen LogP contribution in [0.1, 0.15) is 31.9 Å². The molecule has 8 heteroatoms. The molecule has 4 rings (SSSR count). The highest BCUT2D eigenvalue weighted by atomic mass is 19.1. The maximum atomic E-state index is 14.3. The first-order valence-corrected chi connectivity index (χ1v) is 11.6. The fourth-order valence-electron chi connectivity index (χ4n) is 3.94. The molecule has 3 aromatic carbocycles. The van der Waals surface area contributed by atoms with Crippen LogP contribution in [0.5, 0.6) is 0 Å². The van der Waals surface area contributed by atoms with Gasteiger partial charge in [-0.15, -0.1) is 5.10 Å². The van der Waals surface area contributed by atoms with E-state index in [-0.39, 0.29) is 18.1 Å². The zero-order valence-corrected chi connectivity index (χ0v) is 19.8. The number of nitrogens with zero attached hydrogens (tertiary/aromatic N) is 4. The summed E-state index contributed by atoms with van der Waals surface area (Å²) in [6.07, 6.45) is 0.798. The van der Waals surface area contributed by atoms with E-state index in [1.807, 2.05) is 42.5 Å². The second-order valence-electron chi connectivity index (χ2n) is 8.77. The Balaban J connectivity index is 1.74. The van der Waals surface area contributed by atoms with Gasteiger partial charge in [-0.3, -0.25) is 14.5 Å². The number of benzene rings is 3. The van der Waals surface area contributed by atoms with Crippen molar-refractivity contribution in [3.63, 3.8) is 0 Å². The highest BCUT2D eigenvalue weighted by Crippen LogP contribution is 2.29. The van der Waals surface area contributed by atoms with Gasteiger partial charge in [0.2, 0.25) is 11.8 Å². The summed E-state index contributed by atoms with van der Waals surface area (Å²) in [4.78, 5) is 28.7. The van der Waals surface area contributed by atoms with E-state index in [1.54, 1.807) is 18.2 Å². The lowest BCUT2D eigenvalue weighted by molar-refractivity contribution is -0.127. The topological polar surface area (TPSA) is 80.1 Å². The lowest BCUT2D eigenvalue weighted by atomic mass is 10.0. The van der Waals surface area contributed by atoms with Crippen molar-refractivity contribution < 1.29 is 14.0 Å². The van der Waals surface area contributed by atoms with Gasteiger partial charge in [0.25, 0.3) is 0 Å². The standard InChI is InChI=1S/C27H28FN5O2/c1-19(2)15-16-29-27(35)26(20-9-4-3-5-10-20)33(22-12-8-11-21(28)17-22)25(34)18-32-24-14-7-6-13-23(24)30-31-32/h3-14,17,19,26H,15-16,18H2,1-2H3,(H,29,35)/t26-/m1/s1. The van der Waals surface area contributed by atoms with E-state index in [4.69, 9.17) is 0 Å². The first-order valence-electron chi connectivity index (χ1n) is 11.6. The van der Waals surface area contributed by atoms with E-state index < -0.39 is 17.8 Å². The summed E-state index contributed by atoms with van der Waals surface area (Å²) in [6, 6.07) is 21.1. The summed E-state index contributed by atoms with van der Waals surface area (Å²) in [5, 5.41) is 11.2. The molecule has 0 spiro atoms. The first kappa shape index (κ1) is 24.1. The van der Waals surface area contributed by atoms with Crippen molar-refractivity contribution in [3.8, 4) is 0 Å². The molecule has 7 nitrogen and oxygen atoms in total. The number of hydrogen-bond acceptors (Lipinski definition) is 4. The van der Waals surface area contributed by atoms with Crippen molar-refractivity contribution in [1.82, 2.24) is 20.3 Å². The fraction of sp³-hybridized carbons (Fsp3) is 0.259. The molecule has 0 fully saturated rings. The van der Waals surface area contributed by atoms with Gasteiger partial charge in [-0.2, -0.15) is 0 Å². The fourth-order valence-corrected chi connectivity index (χ4v) is 3.94. The molecule has 0 saturated carbocycles. The molecule has 0 aliphatic heterocycles. The molecule has 35 heavy (non-hydrogen) atoms. The minimum atomic E-state index is -0.993. The number of fused-ring (bicyclic) bond motifs is 1. The van der Waals surface area contributed by atoms with Crippen molar-refractivity contribution in [2.45, 2.75) is 32.9 Å². The third kappa shape index (κ3) is 5.71. The van der Waals surface area contributed by atoms with Crippen LogP contribution in [0.4, 0.5) is 10.1 Å². The second kappa shape index (κ2) is 10.9. The van der Waals surface area contributed by atoms with E-state index in [0.717, 1.165) is 6.42 Å². The van der Waals surface area contributed by atoms with Gasteiger partial charge in [0.15, 0.2) is 0 Å². The Hall–Kier alpha value is -4.07. The lowest BCUT2D eigenvalue weighted by Crippen LogP contribution is -2.45. The highest BCUT2D eigenvalue weighted by Gasteiger charge is 2.33. The number of carbonyl (C=O) groups is 2. The minimum Gasteiger partial charge on any atom is -0.354 e. The number of amides is 2. The average molecular weight is 474 g/mol. The van der Waals surface area contributed by atoms with Gasteiger partial charge in [0, 0.05) is 12.2 Å². The minimum absolute atomic E-state index is 0.167. The van der Waals surface area contributed by atoms with E-state index in [0.29, 0.717) is 29.1 Å². The van der Waals surface area contributed by atoms with Crippen molar-refractivity contribution in [2.24, 2.45) is 5.92 Å². The molecule has 0 saturated heterocycles. The van der Waals surface area contributed by atoms with Gasteiger partial charge in [0.1, 0.15) is 23.9 Å². The largest absolute Gasteiger partial charge is 0.354 e. The van der Waals surface area contributed by atoms with Gasteiger partial charge in [-0.1, -0.05) is 67.6 Å². The zero-order valence-electron chi connectivity index (χ0n) is 19.8. The average Bonchev–Trinajstić information content (AvgIpc) is 3.25. The number of anilines is 1.